The standard InChI is InChI=1S/C12H27NO3Si/c1-6-12(17(14-3,15-4)16-5)11-9-8-10-13(11)7-2/h11-12H,6-10H2,1-5H3. The molecular weight excluding hydrogens is 234 g/mol. The maximum absolute atomic E-state index is 5.66. The summed E-state index contributed by atoms with van der Waals surface area (Å²) >= 11 is 0. The summed E-state index contributed by atoms with van der Waals surface area (Å²) in [5.41, 5.74) is 0.380. The third kappa shape index (κ3) is 2.90. The molecule has 0 amide bonds. The van der Waals surface area contributed by atoms with E-state index in [4.69, 9.17) is 13.3 Å². The van der Waals surface area contributed by atoms with E-state index in [9.17, 15) is 0 Å². The lowest BCUT2D eigenvalue weighted by Gasteiger charge is -2.38. The van der Waals surface area contributed by atoms with E-state index in [-0.39, 0.29) is 0 Å². The van der Waals surface area contributed by atoms with E-state index < -0.39 is 8.80 Å². The van der Waals surface area contributed by atoms with Crippen molar-refractivity contribution in [3.8, 4) is 0 Å². The monoisotopic (exact) mass is 261 g/mol. The lowest BCUT2D eigenvalue weighted by molar-refractivity contribution is 0.0921. The maximum Gasteiger partial charge on any atom is 0.505 e. The zero-order valence-corrected chi connectivity index (χ0v) is 12.9. The third-order valence-corrected chi connectivity index (χ3v) is 7.44. The molecule has 0 aromatic rings. The Morgan fingerprint density at radius 3 is 2.18 bits per heavy atom. The largest absolute Gasteiger partial charge is 0.505 e. The average molecular weight is 261 g/mol. The fraction of sp³-hybridized carbons (Fsp3) is 1.00. The van der Waals surface area contributed by atoms with E-state index >= 15 is 0 Å². The highest BCUT2D eigenvalue weighted by atomic mass is 28.4. The summed E-state index contributed by atoms with van der Waals surface area (Å²) in [5.74, 6) is 0. The molecule has 0 spiro atoms. The number of nitrogens with zero attached hydrogens (tertiary/aromatic N) is 1. The van der Waals surface area contributed by atoms with Crippen molar-refractivity contribution in [1.82, 2.24) is 4.90 Å². The third-order valence-electron chi connectivity index (χ3n) is 4.03. The zero-order valence-electron chi connectivity index (χ0n) is 11.9. The molecule has 0 N–H and O–H groups in total. The molecule has 1 aliphatic rings. The van der Waals surface area contributed by atoms with Gasteiger partial charge >= 0.3 is 8.80 Å². The van der Waals surface area contributed by atoms with Crippen molar-refractivity contribution in [3.05, 3.63) is 0 Å². The van der Waals surface area contributed by atoms with Crippen molar-refractivity contribution in [2.75, 3.05) is 34.4 Å². The number of likely N-dealkylation sites (tertiary alicyclic amines) is 1. The Morgan fingerprint density at radius 2 is 1.76 bits per heavy atom. The molecule has 1 saturated heterocycles. The Labute approximate surface area is 107 Å². The van der Waals surface area contributed by atoms with Crippen LogP contribution in [0.1, 0.15) is 33.1 Å². The predicted octanol–water partition coefficient (Wildman–Crippen LogP) is 2.13. The van der Waals surface area contributed by atoms with E-state index in [1.54, 1.807) is 21.3 Å². The quantitative estimate of drug-likeness (QED) is 0.657. The highest BCUT2D eigenvalue weighted by Gasteiger charge is 2.51. The van der Waals surface area contributed by atoms with Gasteiger partial charge in [0.05, 0.1) is 0 Å². The summed E-state index contributed by atoms with van der Waals surface area (Å²) in [7, 11) is 2.63. The Balaban J connectivity index is 2.88. The highest BCUT2D eigenvalue weighted by Crippen LogP contribution is 2.38. The lowest BCUT2D eigenvalue weighted by Crippen LogP contribution is -2.53. The van der Waals surface area contributed by atoms with Crippen LogP contribution in [0.4, 0.5) is 0 Å². The van der Waals surface area contributed by atoms with Crippen LogP contribution < -0.4 is 0 Å². The molecule has 2 atom stereocenters. The van der Waals surface area contributed by atoms with Gasteiger partial charge in [0.2, 0.25) is 0 Å². The van der Waals surface area contributed by atoms with Crippen molar-refractivity contribution in [1.29, 1.82) is 0 Å². The summed E-state index contributed by atoms with van der Waals surface area (Å²) in [6, 6.07) is 0.552. The molecule has 2 unspecified atom stereocenters. The molecule has 5 heteroatoms. The number of hydrogen-bond donors (Lipinski definition) is 0. The summed E-state index contributed by atoms with van der Waals surface area (Å²) in [6.45, 7) is 6.72. The Bertz CT molecular complexity index is 216. The van der Waals surface area contributed by atoms with Crippen LogP contribution in [-0.4, -0.2) is 54.2 Å². The first-order valence-electron chi connectivity index (χ1n) is 6.58. The number of rotatable bonds is 7. The van der Waals surface area contributed by atoms with Crippen molar-refractivity contribution in [3.63, 3.8) is 0 Å². The van der Waals surface area contributed by atoms with Gasteiger partial charge in [-0.05, 0) is 32.4 Å². The Hall–Kier alpha value is 0.0569. The summed E-state index contributed by atoms with van der Waals surface area (Å²) in [6.07, 6.45) is 3.55. The normalized spacial score (nSPS) is 24.2. The molecule has 0 bridgehead atoms. The first-order valence-corrected chi connectivity index (χ1v) is 8.38. The fourth-order valence-corrected chi connectivity index (χ4v) is 5.92. The van der Waals surface area contributed by atoms with Crippen LogP contribution in [0.3, 0.4) is 0 Å². The van der Waals surface area contributed by atoms with E-state index in [2.05, 4.69) is 18.7 Å². The summed E-state index contributed by atoms with van der Waals surface area (Å²) in [5, 5.41) is 0. The van der Waals surface area contributed by atoms with Crippen LogP contribution in [0.15, 0.2) is 0 Å². The lowest BCUT2D eigenvalue weighted by atomic mass is 10.1. The van der Waals surface area contributed by atoms with Crippen molar-refractivity contribution in [2.45, 2.75) is 44.7 Å². The van der Waals surface area contributed by atoms with Gasteiger partial charge in [-0.15, -0.1) is 0 Å². The van der Waals surface area contributed by atoms with Crippen LogP contribution in [0.25, 0.3) is 0 Å². The van der Waals surface area contributed by atoms with Crippen LogP contribution in [0, 0.1) is 0 Å². The molecule has 0 radical (unpaired) electrons. The van der Waals surface area contributed by atoms with Gasteiger partial charge in [0, 0.05) is 32.9 Å². The molecule has 1 fully saturated rings. The molecule has 0 saturated carbocycles. The first-order chi connectivity index (χ1) is 8.18. The van der Waals surface area contributed by atoms with E-state index in [1.165, 1.54) is 19.4 Å². The van der Waals surface area contributed by atoms with Crippen molar-refractivity contribution in [2.24, 2.45) is 0 Å². The molecule has 17 heavy (non-hydrogen) atoms. The second kappa shape index (κ2) is 6.85. The van der Waals surface area contributed by atoms with Crippen LogP contribution in [0.5, 0.6) is 0 Å². The molecular formula is C12H27NO3Si. The second-order valence-corrected chi connectivity index (χ2v) is 7.74. The average Bonchev–Trinajstić information content (AvgIpc) is 2.84. The molecule has 0 aliphatic carbocycles. The fourth-order valence-electron chi connectivity index (χ4n) is 3.16. The Morgan fingerprint density at radius 1 is 1.18 bits per heavy atom. The molecule has 1 aliphatic heterocycles. The minimum atomic E-state index is -2.51. The smallest absolute Gasteiger partial charge is 0.377 e. The van der Waals surface area contributed by atoms with Gasteiger partial charge in [0.25, 0.3) is 0 Å². The molecule has 102 valence electrons. The van der Waals surface area contributed by atoms with Crippen LogP contribution >= 0.6 is 0 Å². The van der Waals surface area contributed by atoms with Gasteiger partial charge in [0.1, 0.15) is 0 Å². The van der Waals surface area contributed by atoms with Crippen LogP contribution in [0.2, 0.25) is 5.54 Å². The van der Waals surface area contributed by atoms with E-state index in [0.717, 1.165) is 13.0 Å². The van der Waals surface area contributed by atoms with Gasteiger partial charge in [0.15, 0.2) is 0 Å². The summed E-state index contributed by atoms with van der Waals surface area (Å²) in [4.78, 5) is 2.53. The topological polar surface area (TPSA) is 30.9 Å². The minimum absolute atomic E-state index is 0.380. The molecule has 1 heterocycles. The molecule has 4 nitrogen and oxygen atoms in total. The zero-order chi connectivity index (χ0) is 12.9. The van der Waals surface area contributed by atoms with Gasteiger partial charge in [-0.3, -0.25) is 0 Å². The van der Waals surface area contributed by atoms with E-state index in [0.29, 0.717) is 11.6 Å². The molecule has 1 rings (SSSR count). The number of hydrogen-bond acceptors (Lipinski definition) is 4. The molecule has 0 aromatic carbocycles. The highest BCUT2D eigenvalue weighted by molar-refractivity contribution is 6.62. The van der Waals surface area contributed by atoms with Crippen molar-refractivity contribution < 1.29 is 13.3 Å². The van der Waals surface area contributed by atoms with Gasteiger partial charge in [-0.2, -0.15) is 0 Å². The minimum Gasteiger partial charge on any atom is -0.377 e. The van der Waals surface area contributed by atoms with Gasteiger partial charge < -0.3 is 18.2 Å². The van der Waals surface area contributed by atoms with Crippen LogP contribution in [-0.2, 0) is 13.3 Å². The Kier molecular flexibility index (Phi) is 6.09. The first kappa shape index (κ1) is 15.1. The predicted molar refractivity (Wildman–Crippen MR) is 71.1 cm³/mol. The van der Waals surface area contributed by atoms with Gasteiger partial charge in [-0.1, -0.05) is 13.8 Å². The summed E-state index contributed by atoms with van der Waals surface area (Å²) < 4.78 is 17.0. The van der Waals surface area contributed by atoms with E-state index in [1.807, 2.05) is 0 Å². The van der Waals surface area contributed by atoms with Crippen molar-refractivity contribution >= 4 is 8.80 Å². The molecule has 0 aromatic heterocycles. The second-order valence-electron chi connectivity index (χ2n) is 4.57. The maximum atomic E-state index is 5.66. The van der Waals surface area contributed by atoms with Gasteiger partial charge in [-0.25, -0.2) is 0 Å². The SMILES string of the molecule is CCC(C1CCCN1CC)[Si](OC)(OC)OC.